The van der Waals surface area contributed by atoms with Crippen LogP contribution in [0.5, 0.6) is 11.5 Å². The average molecular weight is 305 g/mol. The third-order valence-electron chi connectivity index (χ3n) is 3.50. The Hall–Kier alpha value is -1.97. The third kappa shape index (κ3) is 5.10. The summed E-state index contributed by atoms with van der Waals surface area (Å²) in [6.07, 6.45) is 6.95. The van der Waals surface area contributed by atoms with E-state index < -0.39 is 0 Å². The summed E-state index contributed by atoms with van der Waals surface area (Å²) in [6, 6.07) is 3.55. The van der Waals surface area contributed by atoms with Crippen molar-refractivity contribution in [2.75, 3.05) is 20.8 Å². The number of ether oxygens (including phenoxy) is 2. The van der Waals surface area contributed by atoms with Gasteiger partial charge in [-0.25, -0.2) is 0 Å². The second kappa shape index (κ2) is 9.87. The lowest BCUT2D eigenvalue weighted by atomic mass is 10.0. The zero-order chi connectivity index (χ0) is 16.4. The summed E-state index contributed by atoms with van der Waals surface area (Å²) in [7, 11) is 3.17. The zero-order valence-electron chi connectivity index (χ0n) is 13.9. The van der Waals surface area contributed by atoms with Gasteiger partial charge in [0.15, 0.2) is 11.5 Å². The zero-order valence-corrected chi connectivity index (χ0v) is 13.9. The second-order valence-electron chi connectivity index (χ2n) is 5.18. The first-order valence-electron chi connectivity index (χ1n) is 7.81. The molecule has 4 nitrogen and oxygen atoms in total. The Morgan fingerprint density at radius 1 is 1.23 bits per heavy atom. The molecule has 1 amide bonds. The van der Waals surface area contributed by atoms with Crippen molar-refractivity contribution >= 4 is 5.91 Å². The first-order valence-corrected chi connectivity index (χ1v) is 7.81. The first kappa shape index (κ1) is 18.1. The standard InChI is InChI=1S/C18H27NO3/c1-5-7-8-9-11-19-18(20)15-12-14(10-6-2)17(22-4)16(13-15)21-3/h6,12-13H,2,5,7-11H2,1,3-4H3,(H,19,20). The van der Waals surface area contributed by atoms with E-state index in [2.05, 4.69) is 18.8 Å². The lowest BCUT2D eigenvalue weighted by Crippen LogP contribution is -2.24. The van der Waals surface area contributed by atoms with Crippen molar-refractivity contribution in [3.8, 4) is 11.5 Å². The van der Waals surface area contributed by atoms with Gasteiger partial charge < -0.3 is 14.8 Å². The van der Waals surface area contributed by atoms with E-state index >= 15 is 0 Å². The van der Waals surface area contributed by atoms with Crippen molar-refractivity contribution in [2.45, 2.75) is 39.0 Å². The summed E-state index contributed by atoms with van der Waals surface area (Å²) in [5.41, 5.74) is 1.48. The van der Waals surface area contributed by atoms with Gasteiger partial charge in [-0.05, 0) is 25.0 Å². The van der Waals surface area contributed by atoms with E-state index in [1.807, 2.05) is 6.07 Å². The number of methoxy groups -OCH3 is 2. The molecule has 0 atom stereocenters. The monoisotopic (exact) mass is 305 g/mol. The maximum absolute atomic E-state index is 12.3. The maximum atomic E-state index is 12.3. The van der Waals surface area contributed by atoms with Gasteiger partial charge in [0.05, 0.1) is 14.2 Å². The Labute approximate surface area is 133 Å². The molecule has 1 aromatic carbocycles. The molecule has 0 fully saturated rings. The van der Waals surface area contributed by atoms with Gasteiger partial charge in [0.25, 0.3) is 5.91 Å². The van der Waals surface area contributed by atoms with Crippen molar-refractivity contribution in [2.24, 2.45) is 0 Å². The second-order valence-corrected chi connectivity index (χ2v) is 5.18. The van der Waals surface area contributed by atoms with E-state index in [0.29, 0.717) is 30.0 Å². The molecular weight excluding hydrogens is 278 g/mol. The normalized spacial score (nSPS) is 10.1. The molecule has 1 N–H and O–H groups in total. The van der Waals surface area contributed by atoms with Crippen LogP contribution in [0.25, 0.3) is 0 Å². The van der Waals surface area contributed by atoms with Crippen molar-refractivity contribution < 1.29 is 14.3 Å². The van der Waals surface area contributed by atoms with Crippen LogP contribution in [-0.2, 0) is 6.42 Å². The molecule has 1 aromatic rings. The van der Waals surface area contributed by atoms with Crippen LogP contribution in [0.15, 0.2) is 24.8 Å². The minimum atomic E-state index is -0.0808. The van der Waals surface area contributed by atoms with Crippen molar-refractivity contribution in [3.63, 3.8) is 0 Å². The number of nitrogens with one attached hydrogen (secondary N) is 1. The number of carbonyl (C=O) groups excluding carboxylic acids is 1. The van der Waals surface area contributed by atoms with Gasteiger partial charge in [0.2, 0.25) is 0 Å². The SMILES string of the molecule is C=CCc1cc(C(=O)NCCCCCC)cc(OC)c1OC. The van der Waals surface area contributed by atoms with E-state index in [1.54, 1.807) is 26.4 Å². The Morgan fingerprint density at radius 2 is 2.00 bits per heavy atom. The number of unbranched alkanes of at least 4 members (excludes halogenated alkanes) is 3. The van der Waals surface area contributed by atoms with E-state index in [0.717, 1.165) is 18.4 Å². The summed E-state index contributed by atoms with van der Waals surface area (Å²) in [5.74, 6) is 1.14. The Morgan fingerprint density at radius 3 is 2.59 bits per heavy atom. The van der Waals surface area contributed by atoms with Crippen LogP contribution in [0.1, 0.15) is 48.5 Å². The van der Waals surface area contributed by atoms with Crippen LogP contribution >= 0.6 is 0 Å². The molecule has 0 radical (unpaired) electrons. The molecular formula is C18H27NO3. The summed E-state index contributed by atoms with van der Waals surface area (Å²) < 4.78 is 10.7. The predicted molar refractivity (Wildman–Crippen MR) is 89.9 cm³/mol. The fraction of sp³-hybridized carbons (Fsp3) is 0.500. The highest BCUT2D eigenvalue weighted by Gasteiger charge is 2.15. The molecule has 0 spiro atoms. The number of benzene rings is 1. The number of hydrogen-bond acceptors (Lipinski definition) is 3. The Balaban J connectivity index is 2.82. The summed E-state index contributed by atoms with van der Waals surface area (Å²) in [4.78, 5) is 12.3. The van der Waals surface area contributed by atoms with Gasteiger partial charge in [-0.2, -0.15) is 0 Å². The van der Waals surface area contributed by atoms with E-state index in [-0.39, 0.29) is 5.91 Å². The molecule has 0 aliphatic carbocycles. The Kier molecular flexibility index (Phi) is 8.11. The third-order valence-corrected chi connectivity index (χ3v) is 3.50. The van der Waals surface area contributed by atoms with Gasteiger partial charge in [0, 0.05) is 17.7 Å². The molecule has 22 heavy (non-hydrogen) atoms. The highest BCUT2D eigenvalue weighted by Crippen LogP contribution is 2.33. The lowest BCUT2D eigenvalue weighted by molar-refractivity contribution is 0.0952. The molecule has 0 aliphatic heterocycles. The topological polar surface area (TPSA) is 47.6 Å². The highest BCUT2D eigenvalue weighted by atomic mass is 16.5. The minimum absolute atomic E-state index is 0.0808. The average Bonchev–Trinajstić information content (AvgIpc) is 2.53. The van der Waals surface area contributed by atoms with Crippen molar-refractivity contribution in [3.05, 3.63) is 35.9 Å². The van der Waals surface area contributed by atoms with Crippen LogP contribution in [-0.4, -0.2) is 26.7 Å². The molecule has 0 unspecified atom stereocenters. The molecule has 0 saturated heterocycles. The number of hydrogen-bond donors (Lipinski definition) is 1. The number of amides is 1. The molecule has 0 aromatic heterocycles. The van der Waals surface area contributed by atoms with Gasteiger partial charge in [-0.1, -0.05) is 32.3 Å². The largest absolute Gasteiger partial charge is 0.493 e. The summed E-state index contributed by atoms with van der Waals surface area (Å²) in [5, 5.41) is 2.95. The van der Waals surface area contributed by atoms with Gasteiger partial charge >= 0.3 is 0 Å². The van der Waals surface area contributed by atoms with Crippen molar-refractivity contribution in [1.29, 1.82) is 0 Å². The number of rotatable bonds is 10. The summed E-state index contributed by atoms with van der Waals surface area (Å²) in [6.45, 7) is 6.61. The molecule has 122 valence electrons. The first-order chi connectivity index (χ1) is 10.7. The molecule has 0 heterocycles. The fourth-order valence-corrected chi connectivity index (χ4v) is 2.34. The highest BCUT2D eigenvalue weighted by molar-refractivity contribution is 5.95. The minimum Gasteiger partial charge on any atom is -0.493 e. The quantitative estimate of drug-likeness (QED) is 0.529. The maximum Gasteiger partial charge on any atom is 0.251 e. The lowest BCUT2D eigenvalue weighted by Gasteiger charge is -2.14. The fourth-order valence-electron chi connectivity index (χ4n) is 2.34. The molecule has 0 saturated carbocycles. The van der Waals surface area contributed by atoms with Crippen LogP contribution in [0.2, 0.25) is 0 Å². The smallest absolute Gasteiger partial charge is 0.251 e. The summed E-state index contributed by atoms with van der Waals surface area (Å²) >= 11 is 0. The van der Waals surface area contributed by atoms with Crippen LogP contribution < -0.4 is 14.8 Å². The number of carbonyl (C=O) groups is 1. The van der Waals surface area contributed by atoms with Crippen LogP contribution in [0.4, 0.5) is 0 Å². The van der Waals surface area contributed by atoms with Gasteiger partial charge in [0.1, 0.15) is 0 Å². The molecule has 0 aliphatic rings. The van der Waals surface area contributed by atoms with Crippen molar-refractivity contribution in [1.82, 2.24) is 5.32 Å². The molecule has 1 rings (SSSR count). The van der Waals surface area contributed by atoms with E-state index in [9.17, 15) is 4.79 Å². The molecule has 0 bridgehead atoms. The van der Waals surface area contributed by atoms with Gasteiger partial charge in [-0.15, -0.1) is 6.58 Å². The number of allylic oxidation sites excluding steroid dienone is 1. The van der Waals surface area contributed by atoms with Gasteiger partial charge in [-0.3, -0.25) is 4.79 Å². The van der Waals surface area contributed by atoms with Crippen LogP contribution in [0, 0.1) is 0 Å². The Bertz CT molecular complexity index is 497. The molecule has 4 heteroatoms. The van der Waals surface area contributed by atoms with Crippen LogP contribution in [0.3, 0.4) is 0 Å². The predicted octanol–water partition coefficient (Wildman–Crippen LogP) is 3.74. The van der Waals surface area contributed by atoms with E-state index in [1.165, 1.54) is 12.8 Å². The van der Waals surface area contributed by atoms with E-state index in [4.69, 9.17) is 9.47 Å².